The van der Waals surface area contributed by atoms with Gasteiger partial charge >= 0.3 is 21.0 Å². The van der Waals surface area contributed by atoms with E-state index in [1.54, 1.807) is 0 Å². The van der Waals surface area contributed by atoms with Crippen molar-refractivity contribution in [1.82, 2.24) is 10.6 Å². The van der Waals surface area contributed by atoms with E-state index in [0.717, 1.165) is 101 Å². The molecule has 0 saturated carbocycles. The number of alkyl carbamates (subject to hydrolysis) is 2. The fraction of sp³-hybridized carbons (Fsp3) is 0.254. The average molecular weight is 939 g/mol. The van der Waals surface area contributed by atoms with Crippen LogP contribution >= 0.6 is 0 Å². The van der Waals surface area contributed by atoms with Gasteiger partial charge in [0.1, 0.15) is 13.2 Å². The Kier molecular flexibility index (Phi) is 16.5. The lowest BCUT2D eigenvalue weighted by Gasteiger charge is -2.28. The van der Waals surface area contributed by atoms with Crippen molar-refractivity contribution in [2.75, 3.05) is 32.9 Å². The molecule has 354 valence electrons. The van der Waals surface area contributed by atoms with Crippen molar-refractivity contribution in [3.05, 3.63) is 169 Å². The van der Waals surface area contributed by atoms with E-state index in [1.807, 2.05) is 39.0 Å². The third-order valence-corrected chi connectivity index (χ3v) is 15.5. The van der Waals surface area contributed by atoms with Gasteiger partial charge in [-0.2, -0.15) is 0 Å². The summed E-state index contributed by atoms with van der Waals surface area (Å²) in [6.45, 7) is 10.6. The first-order valence-corrected chi connectivity index (χ1v) is 26.3. The summed E-state index contributed by atoms with van der Waals surface area (Å²) in [5.74, 6) is 0. The summed E-state index contributed by atoms with van der Waals surface area (Å²) in [4.78, 5) is 25.9. The molecule has 10 heteroatoms. The third kappa shape index (κ3) is 11.2. The normalized spacial score (nSPS) is 11.5. The molecular formula is C59H62N2O7Si. The van der Waals surface area contributed by atoms with Crippen LogP contribution in [-0.4, -0.2) is 53.9 Å². The van der Waals surface area contributed by atoms with E-state index < -0.39 is 21.0 Å². The van der Waals surface area contributed by atoms with Crippen molar-refractivity contribution in [3.63, 3.8) is 0 Å². The minimum absolute atomic E-state index is 0.0817. The molecule has 0 aromatic heterocycles. The molecular weight excluding hydrogens is 877 g/mol. The van der Waals surface area contributed by atoms with E-state index in [0.29, 0.717) is 45.4 Å². The van der Waals surface area contributed by atoms with Gasteiger partial charge in [-0.15, -0.1) is 0 Å². The summed E-state index contributed by atoms with van der Waals surface area (Å²) in [6.07, 6.45) is 1.59. The number of benzene rings is 8. The van der Waals surface area contributed by atoms with Crippen molar-refractivity contribution in [1.29, 1.82) is 0 Å². The van der Waals surface area contributed by atoms with Crippen molar-refractivity contribution >= 4 is 53.3 Å². The molecule has 0 aliphatic heterocycles. The van der Waals surface area contributed by atoms with Gasteiger partial charge in [0.05, 0.1) is 0 Å². The van der Waals surface area contributed by atoms with Gasteiger partial charge in [0.15, 0.2) is 0 Å². The van der Waals surface area contributed by atoms with E-state index in [2.05, 4.69) is 157 Å². The van der Waals surface area contributed by atoms with Crippen LogP contribution in [0, 0.1) is 0 Å². The number of rotatable bonds is 21. The number of ether oxygens (including phenoxy) is 2. The molecule has 2 amide bonds. The zero-order chi connectivity index (χ0) is 48.0. The fourth-order valence-electron chi connectivity index (χ4n) is 9.43. The lowest BCUT2D eigenvalue weighted by atomic mass is 9.77. The van der Waals surface area contributed by atoms with E-state index in [1.165, 1.54) is 0 Å². The number of carbonyl (C=O) groups is 2. The maximum atomic E-state index is 13.2. The highest BCUT2D eigenvalue weighted by Gasteiger charge is 2.39. The van der Waals surface area contributed by atoms with Crippen LogP contribution in [0.2, 0.25) is 6.04 Å². The van der Waals surface area contributed by atoms with Crippen LogP contribution in [0.3, 0.4) is 0 Å². The number of amides is 2. The van der Waals surface area contributed by atoms with Gasteiger partial charge in [0.25, 0.3) is 0 Å². The summed E-state index contributed by atoms with van der Waals surface area (Å²) >= 11 is 0. The van der Waals surface area contributed by atoms with Gasteiger partial charge in [0.2, 0.25) is 0 Å². The molecule has 0 spiro atoms. The molecule has 0 bridgehead atoms. The summed E-state index contributed by atoms with van der Waals surface area (Å²) in [7, 11) is -2.83. The number of nitrogens with one attached hydrogen (secondary N) is 2. The first-order valence-electron chi connectivity index (χ1n) is 24.3. The Bertz CT molecular complexity index is 3000. The molecule has 0 saturated heterocycles. The van der Waals surface area contributed by atoms with E-state index in [9.17, 15) is 9.59 Å². The number of fused-ring (bicyclic) bond motifs is 3. The van der Waals surface area contributed by atoms with Crippen LogP contribution in [0.15, 0.2) is 158 Å². The molecule has 9 nitrogen and oxygen atoms in total. The van der Waals surface area contributed by atoms with Gasteiger partial charge in [-0.3, -0.25) is 0 Å². The maximum absolute atomic E-state index is 13.2. The van der Waals surface area contributed by atoms with Crippen molar-refractivity contribution in [3.8, 4) is 44.5 Å². The second-order valence-corrected chi connectivity index (χ2v) is 19.7. The van der Waals surface area contributed by atoms with Gasteiger partial charge in [-0.25, -0.2) is 9.59 Å². The standard InChI is InChI=1S/C59H62N2O7Si/c1-5-9-35-60-58(62)64-40-42-23-20-29-46(38-42)54-50-33-18-19-34-51(50)55(47-30-21-24-43(39-47)41-65-59(63)61-36-22-37-69(66-6-2,67-7-3)68-8-4)57-53(45-27-14-11-15-28-45)49-32-17-16-31-48(49)52(56(54)57)44-25-12-10-13-26-44/h10-21,23-34,38-39H,5-9,22,35-37,40-41H2,1-4H3,(H,60,62)(H,61,63). The molecule has 0 heterocycles. The van der Waals surface area contributed by atoms with Crippen LogP contribution in [-0.2, 0) is 36.0 Å². The number of hydrogen-bond acceptors (Lipinski definition) is 7. The predicted octanol–water partition coefficient (Wildman–Crippen LogP) is 14.5. The molecule has 0 aliphatic carbocycles. The highest BCUT2D eigenvalue weighted by Crippen LogP contribution is 2.53. The zero-order valence-corrected chi connectivity index (χ0v) is 41.1. The molecule has 2 N–H and O–H groups in total. The molecule has 0 unspecified atom stereocenters. The number of carbonyl (C=O) groups excluding carboxylic acids is 2. The van der Waals surface area contributed by atoms with Crippen LogP contribution in [0.4, 0.5) is 9.59 Å². The largest absolute Gasteiger partial charge is 0.500 e. The molecule has 0 aliphatic rings. The summed E-state index contributed by atoms with van der Waals surface area (Å²) in [5, 5.41) is 12.4. The molecule has 8 aromatic carbocycles. The Morgan fingerprint density at radius 1 is 0.435 bits per heavy atom. The van der Waals surface area contributed by atoms with Crippen LogP contribution < -0.4 is 10.6 Å². The summed E-state index contributed by atoms with van der Waals surface area (Å²) in [5.41, 5.74) is 10.3. The van der Waals surface area contributed by atoms with Crippen molar-refractivity contribution in [2.24, 2.45) is 0 Å². The minimum Gasteiger partial charge on any atom is -0.445 e. The first-order chi connectivity index (χ1) is 33.9. The second-order valence-electron chi connectivity index (χ2n) is 16.9. The van der Waals surface area contributed by atoms with Gasteiger partial charge in [-0.1, -0.05) is 159 Å². The van der Waals surface area contributed by atoms with Gasteiger partial charge < -0.3 is 33.4 Å². The van der Waals surface area contributed by atoms with Gasteiger partial charge in [0, 0.05) is 39.0 Å². The number of unbranched alkanes of at least 4 members (excludes halogenated alkanes) is 1. The quantitative estimate of drug-likeness (QED) is 0.0420. The Labute approximate surface area is 407 Å². The van der Waals surface area contributed by atoms with E-state index in [-0.39, 0.29) is 13.2 Å². The van der Waals surface area contributed by atoms with Crippen LogP contribution in [0.1, 0.15) is 58.1 Å². The second kappa shape index (κ2) is 23.5. The van der Waals surface area contributed by atoms with Crippen molar-refractivity contribution in [2.45, 2.75) is 66.2 Å². The average Bonchev–Trinajstić information content (AvgIpc) is 3.38. The Morgan fingerprint density at radius 3 is 1.19 bits per heavy atom. The Balaban J connectivity index is 1.28. The lowest BCUT2D eigenvalue weighted by Crippen LogP contribution is -2.46. The molecule has 69 heavy (non-hydrogen) atoms. The SMILES string of the molecule is CCCCNC(=O)OCc1cccc(-c2c3ccccc3c(-c3cccc(COC(=O)NCCC[Si](OCC)(OCC)OCC)c3)c3c(-c4ccccc4)c4ccccc4c(-c4ccccc4)c23)c1. The highest BCUT2D eigenvalue weighted by molar-refractivity contribution is 6.60. The fourth-order valence-corrected chi connectivity index (χ4v) is 12.0. The van der Waals surface area contributed by atoms with Gasteiger partial charge in [-0.05, 0) is 134 Å². The summed E-state index contributed by atoms with van der Waals surface area (Å²) < 4.78 is 29.6. The highest BCUT2D eigenvalue weighted by atomic mass is 28.4. The lowest BCUT2D eigenvalue weighted by molar-refractivity contribution is 0.0706. The van der Waals surface area contributed by atoms with Crippen LogP contribution in [0.25, 0.3) is 76.8 Å². The van der Waals surface area contributed by atoms with E-state index in [4.69, 9.17) is 22.8 Å². The minimum atomic E-state index is -2.83. The van der Waals surface area contributed by atoms with Crippen molar-refractivity contribution < 1.29 is 32.3 Å². The topological polar surface area (TPSA) is 104 Å². The smallest absolute Gasteiger partial charge is 0.445 e. The Hall–Kier alpha value is -6.82. The number of hydrogen-bond donors (Lipinski definition) is 2. The van der Waals surface area contributed by atoms with E-state index >= 15 is 0 Å². The Morgan fingerprint density at radius 2 is 0.797 bits per heavy atom. The molecule has 0 radical (unpaired) electrons. The maximum Gasteiger partial charge on any atom is 0.500 e. The first kappa shape index (κ1) is 48.6. The molecule has 0 fully saturated rings. The third-order valence-electron chi connectivity index (χ3n) is 12.3. The monoisotopic (exact) mass is 938 g/mol. The van der Waals surface area contributed by atoms with Crippen LogP contribution in [0.5, 0.6) is 0 Å². The summed E-state index contributed by atoms with van der Waals surface area (Å²) in [6, 6.07) is 56.0. The predicted molar refractivity (Wildman–Crippen MR) is 282 cm³/mol. The molecule has 0 atom stereocenters. The zero-order valence-electron chi connectivity index (χ0n) is 40.1. The molecule has 8 rings (SSSR count). The molecule has 8 aromatic rings.